The van der Waals surface area contributed by atoms with Crippen LogP contribution in [0.2, 0.25) is 0 Å². The molecule has 1 aromatic carbocycles. The minimum Gasteiger partial charge on any atom is -0.469 e. The van der Waals surface area contributed by atoms with Crippen molar-refractivity contribution in [2.45, 2.75) is 12.8 Å². The molecule has 18 heavy (non-hydrogen) atoms. The fourth-order valence-electron chi connectivity index (χ4n) is 1.52. The topological polar surface area (TPSA) is 76.4 Å². The van der Waals surface area contributed by atoms with Crippen molar-refractivity contribution in [2.24, 2.45) is 0 Å². The molecule has 0 N–H and O–H groups in total. The summed E-state index contributed by atoms with van der Waals surface area (Å²) < 4.78 is 9.18. The molecule has 94 valence electrons. The van der Waals surface area contributed by atoms with Crippen LogP contribution in [0.4, 0.5) is 0 Å². The zero-order chi connectivity index (χ0) is 13.5. The van der Waals surface area contributed by atoms with Crippen molar-refractivity contribution in [2.75, 3.05) is 14.2 Å². The predicted octanol–water partition coefficient (Wildman–Crippen LogP) is 1.45. The summed E-state index contributed by atoms with van der Waals surface area (Å²) in [4.78, 5) is 22.6. The minimum absolute atomic E-state index is 0.148. The average Bonchev–Trinajstić information content (AvgIpc) is 2.43. The maximum absolute atomic E-state index is 11.5. The van der Waals surface area contributed by atoms with Crippen LogP contribution >= 0.6 is 0 Å². The van der Waals surface area contributed by atoms with E-state index in [1.165, 1.54) is 26.4 Å². The third-order valence-electron chi connectivity index (χ3n) is 2.47. The number of aryl methyl sites for hydroxylation is 1. The van der Waals surface area contributed by atoms with Gasteiger partial charge in [-0.15, -0.1) is 0 Å². The second kappa shape index (κ2) is 6.40. The van der Waals surface area contributed by atoms with Gasteiger partial charge >= 0.3 is 11.9 Å². The van der Waals surface area contributed by atoms with E-state index >= 15 is 0 Å². The zero-order valence-corrected chi connectivity index (χ0v) is 10.2. The molecular weight excluding hydrogens is 234 g/mol. The Balaban J connectivity index is 3.01. The zero-order valence-electron chi connectivity index (χ0n) is 10.2. The summed E-state index contributed by atoms with van der Waals surface area (Å²) in [5.74, 6) is -0.854. The van der Waals surface area contributed by atoms with Crippen LogP contribution in [0.15, 0.2) is 18.2 Å². The van der Waals surface area contributed by atoms with Gasteiger partial charge in [0, 0.05) is 6.42 Å². The molecule has 5 heteroatoms. The van der Waals surface area contributed by atoms with E-state index in [4.69, 9.17) is 5.26 Å². The maximum atomic E-state index is 11.5. The van der Waals surface area contributed by atoms with Crippen molar-refractivity contribution in [1.82, 2.24) is 0 Å². The molecule has 0 heterocycles. The second-order valence-corrected chi connectivity index (χ2v) is 3.55. The lowest BCUT2D eigenvalue weighted by atomic mass is 10.0. The fraction of sp³-hybridized carbons (Fsp3) is 0.308. The maximum Gasteiger partial charge on any atom is 0.338 e. The van der Waals surface area contributed by atoms with E-state index in [2.05, 4.69) is 9.47 Å². The molecule has 0 saturated heterocycles. The van der Waals surface area contributed by atoms with Crippen LogP contribution in [0.25, 0.3) is 0 Å². The molecule has 0 unspecified atom stereocenters. The van der Waals surface area contributed by atoms with Crippen LogP contribution in [0.5, 0.6) is 0 Å². The molecule has 0 atom stereocenters. The summed E-state index contributed by atoms with van der Waals surface area (Å²) in [5, 5.41) is 8.81. The Morgan fingerprint density at radius 2 is 2.00 bits per heavy atom. The van der Waals surface area contributed by atoms with Gasteiger partial charge in [-0.2, -0.15) is 5.26 Å². The van der Waals surface area contributed by atoms with Gasteiger partial charge in [0.05, 0.1) is 31.4 Å². The molecule has 0 spiro atoms. The Morgan fingerprint density at radius 1 is 1.28 bits per heavy atom. The van der Waals surface area contributed by atoms with E-state index in [9.17, 15) is 9.59 Å². The van der Waals surface area contributed by atoms with Crippen LogP contribution in [0.1, 0.15) is 27.9 Å². The van der Waals surface area contributed by atoms with Crippen molar-refractivity contribution in [3.8, 4) is 6.07 Å². The van der Waals surface area contributed by atoms with Gasteiger partial charge in [-0.25, -0.2) is 4.79 Å². The number of esters is 2. The SMILES string of the molecule is COC(=O)CCc1cc(C#N)ccc1C(=O)OC. The highest BCUT2D eigenvalue weighted by molar-refractivity contribution is 5.91. The number of benzene rings is 1. The number of rotatable bonds is 4. The van der Waals surface area contributed by atoms with E-state index in [-0.39, 0.29) is 12.4 Å². The van der Waals surface area contributed by atoms with E-state index in [0.717, 1.165) is 0 Å². The number of carbonyl (C=O) groups excluding carboxylic acids is 2. The summed E-state index contributed by atoms with van der Waals surface area (Å²) in [5.41, 5.74) is 1.40. The molecule has 0 aliphatic heterocycles. The van der Waals surface area contributed by atoms with Crippen LogP contribution in [-0.2, 0) is 20.7 Å². The van der Waals surface area contributed by atoms with Gasteiger partial charge in [0.15, 0.2) is 0 Å². The Labute approximate surface area is 105 Å². The number of nitriles is 1. The van der Waals surface area contributed by atoms with Crippen molar-refractivity contribution < 1.29 is 19.1 Å². The molecule has 5 nitrogen and oxygen atoms in total. The lowest BCUT2D eigenvalue weighted by Gasteiger charge is -2.07. The number of nitrogens with zero attached hydrogens (tertiary/aromatic N) is 1. The summed E-state index contributed by atoms with van der Waals surface area (Å²) in [7, 11) is 2.58. The van der Waals surface area contributed by atoms with Gasteiger partial charge in [-0.1, -0.05) is 0 Å². The van der Waals surface area contributed by atoms with Crippen LogP contribution in [-0.4, -0.2) is 26.2 Å². The van der Waals surface area contributed by atoms with Gasteiger partial charge in [-0.05, 0) is 30.2 Å². The molecule has 0 aliphatic rings. The normalized spacial score (nSPS) is 9.39. The fourth-order valence-corrected chi connectivity index (χ4v) is 1.52. The lowest BCUT2D eigenvalue weighted by Crippen LogP contribution is -2.09. The van der Waals surface area contributed by atoms with Crippen LogP contribution < -0.4 is 0 Å². The number of hydrogen-bond acceptors (Lipinski definition) is 5. The van der Waals surface area contributed by atoms with Gasteiger partial charge in [0.1, 0.15) is 0 Å². The molecule has 0 amide bonds. The number of methoxy groups -OCH3 is 2. The summed E-state index contributed by atoms with van der Waals surface area (Å²) >= 11 is 0. The number of ether oxygens (including phenoxy) is 2. The molecule has 1 rings (SSSR count). The quantitative estimate of drug-likeness (QED) is 0.752. The average molecular weight is 247 g/mol. The minimum atomic E-state index is -0.487. The van der Waals surface area contributed by atoms with E-state index in [1.54, 1.807) is 6.07 Å². The molecule has 1 aromatic rings. The molecule has 0 saturated carbocycles. The van der Waals surface area contributed by atoms with Crippen LogP contribution in [0, 0.1) is 11.3 Å². The van der Waals surface area contributed by atoms with E-state index in [0.29, 0.717) is 23.1 Å². The molecule has 0 aromatic heterocycles. The first-order valence-electron chi connectivity index (χ1n) is 5.30. The van der Waals surface area contributed by atoms with Crippen molar-refractivity contribution in [3.05, 3.63) is 34.9 Å². The monoisotopic (exact) mass is 247 g/mol. The van der Waals surface area contributed by atoms with E-state index < -0.39 is 5.97 Å². The Hall–Kier alpha value is -2.35. The van der Waals surface area contributed by atoms with Crippen LogP contribution in [0.3, 0.4) is 0 Å². The van der Waals surface area contributed by atoms with Crippen molar-refractivity contribution in [3.63, 3.8) is 0 Å². The molecule has 0 radical (unpaired) electrons. The largest absolute Gasteiger partial charge is 0.469 e. The van der Waals surface area contributed by atoms with Crippen molar-refractivity contribution >= 4 is 11.9 Å². The Bertz CT molecular complexity index is 502. The highest BCUT2D eigenvalue weighted by Crippen LogP contribution is 2.15. The Kier molecular flexibility index (Phi) is 4.88. The predicted molar refractivity (Wildman–Crippen MR) is 62.8 cm³/mol. The van der Waals surface area contributed by atoms with Gasteiger partial charge in [-0.3, -0.25) is 4.79 Å². The van der Waals surface area contributed by atoms with Gasteiger partial charge in [0.2, 0.25) is 0 Å². The third kappa shape index (κ3) is 3.32. The lowest BCUT2D eigenvalue weighted by molar-refractivity contribution is -0.140. The molecular formula is C13H13NO4. The smallest absolute Gasteiger partial charge is 0.338 e. The summed E-state index contributed by atoms with van der Waals surface area (Å²) in [6.45, 7) is 0. The van der Waals surface area contributed by atoms with Crippen molar-refractivity contribution in [1.29, 1.82) is 5.26 Å². The summed E-state index contributed by atoms with van der Waals surface area (Å²) in [6.07, 6.45) is 0.474. The summed E-state index contributed by atoms with van der Waals surface area (Å²) in [6, 6.07) is 6.62. The first-order chi connectivity index (χ1) is 8.62. The molecule has 0 bridgehead atoms. The molecule has 0 aliphatic carbocycles. The van der Waals surface area contributed by atoms with E-state index in [1.807, 2.05) is 6.07 Å². The Morgan fingerprint density at radius 3 is 2.56 bits per heavy atom. The second-order valence-electron chi connectivity index (χ2n) is 3.55. The highest BCUT2D eigenvalue weighted by Gasteiger charge is 2.13. The third-order valence-corrected chi connectivity index (χ3v) is 2.47. The first-order valence-corrected chi connectivity index (χ1v) is 5.30. The van der Waals surface area contributed by atoms with Gasteiger partial charge in [0.25, 0.3) is 0 Å². The highest BCUT2D eigenvalue weighted by atomic mass is 16.5. The van der Waals surface area contributed by atoms with Gasteiger partial charge < -0.3 is 9.47 Å². The standard InChI is InChI=1S/C13H13NO4/c1-17-12(15)6-4-10-7-9(8-14)3-5-11(10)13(16)18-2/h3,5,7H,4,6H2,1-2H3. The number of hydrogen-bond donors (Lipinski definition) is 0. The number of carbonyl (C=O) groups is 2. The first kappa shape index (κ1) is 13.7. The molecule has 0 fully saturated rings.